The van der Waals surface area contributed by atoms with Gasteiger partial charge in [0.1, 0.15) is 17.2 Å². The number of nitrogens with one attached hydrogen (secondary N) is 2. The average Bonchev–Trinajstić information content (AvgIpc) is 2.74. The van der Waals surface area contributed by atoms with E-state index in [4.69, 9.17) is 9.47 Å². The summed E-state index contributed by atoms with van der Waals surface area (Å²) in [6.07, 6.45) is 2.36. The molecule has 0 atom stereocenters. The number of anilines is 2. The van der Waals surface area contributed by atoms with Gasteiger partial charge in [-0.15, -0.1) is 0 Å². The molecule has 7 heteroatoms. The molecular weight excluding hydrogens is 368 g/mol. The van der Waals surface area contributed by atoms with Gasteiger partial charge in [0.2, 0.25) is 5.95 Å². The van der Waals surface area contributed by atoms with Gasteiger partial charge in [-0.2, -0.15) is 0 Å². The highest BCUT2D eigenvalue weighted by Crippen LogP contribution is 2.25. The Morgan fingerprint density at radius 3 is 2.55 bits per heavy atom. The number of carbonyl (C=O) groups excluding carboxylic acids is 1. The zero-order chi connectivity index (χ0) is 20.6. The van der Waals surface area contributed by atoms with Crippen molar-refractivity contribution in [3.8, 4) is 11.5 Å². The SMILES string of the molecule is COc1ccc(CCNc2nccc(C(=O)Nc3cc(C)ccc3OC)n2)cc1. The number of carbonyl (C=O) groups is 1. The maximum atomic E-state index is 12.6. The Labute approximate surface area is 170 Å². The zero-order valence-corrected chi connectivity index (χ0v) is 16.7. The maximum absolute atomic E-state index is 12.6. The molecule has 3 rings (SSSR count). The van der Waals surface area contributed by atoms with Crippen LogP contribution in [-0.2, 0) is 6.42 Å². The molecule has 1 amide bonds. The summed E-state index contributed by atoms with van der Waals surface area (Å²) in [5.74, 6) is 1.50. The Kier molecular flexibility index (Phi) is 6.63. The second kappa shape index (κ2) is 9.54. The van der Waals surface area contributed by atoms with Crippen molar-refractivity contribution in [3.63, 3.8) is 0 Å². The van der Waals surface area contributed by atoms with Gasteiger partial charge in [0.25, 0.3) is 5.91 Å². The van der Waals surface area contributed by atoms with E-state index in [1.54, 1.807) is 26.5 Å². The van der Waals surface area contributed by atoms with Crippen LogP contribution in [0.4, 0.5) is 11.6 Å². The normalized spacial score (nSPS) is 10.3. The predicted octanol–water partition coefficient (Wildman–Crippen LogP) is 3.71. The monoisotopic (exact) mass is 392 g/mol. The Balaban J connectivity index is 1.61. The highest BCUT2D eigenvalue weighted by molar-refractivity contribution is 6.03. The first-order valence-corrected chi connectivity index (χ1v) is 9.25. The standard InChI is InChI=1S/C22H24N4O3/c1-15-4-9-20(29-3)19(14-15)25-21(27)18-11-13-24-22(26-18)23-12-10-16-5-7-17(28-2)8-6-16/h4-9,11,13-14H,10,12H2,1-3H3,(H,25,27)(H,23,24,26). The largest absolute Gasteiger partial charge is 0.497 e. The number of aryl methyl sites for hydroxylation is 1. The number of nitrogens with zero attached hydrogens (tertiary/aromatic N) is 2. The van der Waals surface area contributed by atoms with Gasteiger partial charge < -0.3 is 20.1 Å². The molecule has 0 aliphatic rings. The number of hydrogen-bond donors (Lipinski definition) is 2. The topological polar surface area (TPSA) is 85.4 Å². The first-order valence-electron chi connectivity index (χ1n) is 9.25. The first-order chi connectivity index (χ1) is 14.1. The minimum Gasteiger partial charge on any atom is -0.497 e. The van der Waals surface area contributed by atoms with Crippen LogP contribution in [0.2, 0.25) is 0 Å². The number of ether oxygens (including phenoxy) is 2. The fourth-order valence-electron chi connectivity index (χ4n) is 2.79. The highest BCUT2D eigenvalue weighted by atomic mass is 16.5. The molecule has 29 heavy (non-hydrogen) atoms. The number of rotatable bonds is 8. The van der Waals surface area contributed by atoms with Gasteiger partial charge in [-0.3, -0.25) is 4.79 Å². The van der Waals surface area contributed by atoms with Crippen molar-refractivity contribution in [1.29, 1.82) is 0 Å². The number of hydrogen-bond acceptors (Lipinski definition) is 6. The van der Waals surface area contributed by atoms with E-state index in [9.17, 15) is 4.79 Å². The number of methoxy groups -OCH3 is 2. The van der Waals surface area contributed by atoms with Crippen LogP contribution in [0.5, 0.6) is 11.5 Å². The van der Waals surface area contributed by atoms with Crippen molar-refractivity contribution in [2.24, 2.45) is 0 Å². The van der Waals surface area contributed by atoms with E-state index >= 15 is 0 Å². The molecule has 0 aliphatic heterocycles. The van der Waals surface area contributed by atoms with Crippen LogP contribution >= 0.6 is 0 Å². The average molecular weight is 392 g/mol. The third kappa shape index (κ3) is 5.44. The number of amides is 1. The molecule has 0 saturated carbocycles. The summed E-state index contributed by atoms with van der Waals surface area (Å²) in [5, 5.41) is 6.00. The van der Waals surface area contributed by atoms with Gasteiger partial charge in [-0.25, -0.2) is 9.97 Å². The Morgan fingerprint density at radius 2 is 1.83 bits per heavy atom. The van der Waals surface area contributed by atoms with Gasteiger partial charge in [0.15, 0.2) is 0 Å². The van der Waals surface area contributed by atoms with E-state index in [1.165, 1.54) is 5.56 Å². The van der Waals surface area contributed by atoms with E-state index < -0.39 is 0 Å². The van der Waals surface area contributed by atoms with E-state index in [-0.39, 0.29) is 11.6 Å². The summed E-state index contributed by atoms with van der Waals surface area (Å²) < 4.78 is 10.5. The van der Waals surface area contributed by atoms with Gasteiger partial charge in [0, 0.05) is 12.7 Å². The third-order valence-corrected chi connectivity index (χ3v) is 4.35. The molecule has 1 aromatic heterocycles. The summed E-state index contributed by atoms with van der Waals surface area (Å²) in [4.78, 5) is 21.1. The van der Waals surface area contributed by atoms with Crippen molar-refractivity contribution >= 4 is 17.5 Å². The van der Waals surface area contributed by atoms with Crippen molar-refractivity contribution in [2.75, 3.05) is 31.4 Å². The smallest absolute Gasteiger partial charge is 0.274 e. The van der Waals surface area contributed by atoms with Crippen molar-refractivity contribution in [1.82, 2.24) is 9.97 Å². The molecule has 0 aliphatic carbocycles. The fraction of sp³-hybridized carbons (Fsp3) is 0.227. The number of aromatic nitrogens is 2. The van der Waals surface area contributed by atoms with Gasteiger partial charge in [0.05, 0.1) is 19.9 Å². The van der Waals surface area contributed by atoms with Crippen molar-refractivity contribution in [3.05, 3.63) is 71.5 Å². The lowest BCUT2D eigenvalue weighted by atomic mass is 10.1. The van der Waals surface area contributed by atoms with Crippen LogP contribution < -0.4 is 20.1 Å². The maximum Gasteiger partial charge on any atom is 0.274 e. The molecule has 3 aromatic rings. The van der Waals surface area contributed by atoms with E-state index in [0.717, 1.165) is 17.7 Å². The number of benzene rings is 2. The molecule has 0 saturated heterocycles. The molecule has 0 unspecified atom stereocenters. The summed E-state index contributed by atoms with van der Waals surface area (Å²) in [7, 11) is 3.21. The summed E-state index contributed by atoms with van der Waals surface area (Å²) in [6.45, 7) is 2.59. The fourth-order valence-corrected chi connectivity index (χ4v) is 2.79. The summed E-state index contributed by atoms with van der Waals surface area (Å²) in [6, 6.07) is 15.0. The first kappa shape index (κ1) is 20.1. The zero-order valence-electron chi connectivity index (χ0n) is 16.7. The van der Waals surface area contributed by atoms with Crippen LogP contribution in [0.25, 0.3) is 0 Å². The Morgan fingerprint density at radius 1 is 1.03 bits per heavy atom. The predicted molar refractivity (Wildman–Crippen MR) is 113 cm³/mol. The lowest BCUT2D eigenvalue weighted by Crippen LogP contribution is -2.16. The van der Waals surface area contributed by atoms with Crippen LogP contribution in [0.1, 0.15) is 21.6 Å². The molecule has 150 valence electrons. The third-order valence-electron chi connectivity index (χ3n) is 4.35. The van der Waals surface area contributed by atoms with E-state index in [1.807, 2.05) is 49.4 Å². The molecule has 0 fully saturated rings. The minimum atomic E-state index is -0.325. The van der Waals surface area contributed by atoms with Crippen LogP contribution in [0.15, 0.2) is 54.7 Å². The quantitative estimate of drug-likeness (QED) is 0.608. The second-order valence-corrected chi connectivity index (χ2v) is 6.45. The van der Waals surface area contributed by atoms with Crippen LogP contribution in [0, 0.1) is 6.92 Å². The van der Waals surface area contributed by atoms with E-state index in [0.29, 0.717) is 23.9 Å². The van der Waals surface area contributed by atoms with Crippen LogP contribution in [-0.4, -0.2) is 36.6 Å². The Bertz CT molecular complexity index is 974. The van der Waals surface area contributed by atoms with Crippen molar-refractivity contribution in [2.45, 2.75) is 13.3 Å². The van der Waals surface area contributed by atoms with Crippen LogP contribution in [0.3, 0.4) is 0 Å². The van der Waals surface area contributed by atoms with Gasteiger partial charge in [-0.05, 0) is 54.8 Å². The molecule has 2 aromatic carbocycles. The molecule has 0 radical (unpaired) electrons. The summed E-state index contributed by atoms with van der Waals surface area (Å²) in [5.41, 5.74) is 3.06. The minimum absolute atomic E-state index is 0.274. The van der Waals surface area contributed by atoms with Crippen molar-refractivity contribution < 1.29 is 14.3 Å². The highest BCUT2D eigenvalue weighted by Gasteiger charge is 2.12. The van der Waals surface area contributed by atoms with E-state index in [2.05, 4.69) is 20.6 Å². The molecule has 0 bridgehead atoms. The van der Waals surface area contributed by atoms with Gasteiger partial charge >= 0.3 is 0 Å². The molecule has 2 N–H and O–H groups in total. The Hall–Kier alpha value is -3.61. The van der Waals surface area contributed by atoms with Gasteiger partial charge in [-0.1, -0.05) is 18.2 Å². The second-order valence-electron chi connectivity index (χ2n) is 6.45. The molecule has 7 nitrogen and oxygen atoms in total. The summed E-state index contributed by atoms with van der Waals surface area (Å²) >= 11 is 0. The molecular formula is C22H24N4O3. The molecule has 1 heterocycles. The lowest BCUT2D eigenvalue weighted by Gasteiger charge is -2.11. The lowest BCUT2D eigenvalue weighted by molar-refractivity contribution is 0.102. The molecule has 0 spiro atoms.